The van der Waals surface area contributed by atoms with Crippen LogP contribution in [-0.4, -0.2) is 14.2 Å². The van der Waals surface area contributed by atoms with E-state index in [9.17, 15) is 4.39 Å². The zero-order valence-corrected chi connectivity index (χ0v) is 13.9. The number of methoxy groups -OCH3 is 2. The number of nitrogens with one attached hydrogen (secondary N) is 1. The van der Waals surface area contributed by atoms with Crippen LogP contribution in [0.5, 0.6) is 11.5 Å². The van der Waals surface area contributed by atoms with Crippen molar-refractivity contribution in [2.24, 2.45) is 0 Å². The number of ether oxygens (including phenoxy) is 2. The molecule has 0 saturated heterocycles. The minimum Gasteiger partial charge on any atom is -0.493 e. The molecule has 0 saturated carbocycles. The van der Waals surface area contributed by atoms with E-state index in [1.807, 2.05) is 12.1 Å². The Morgan fingerprint density at radius 1 is 1.14 bits per heavy atom. The quantitative estimate of drug-likeness (QED) is 0.810. The summed E-state index contributed by atoms with van der Waals surface area (Å²) in [6.45, 7) is 0.415. The Labute approximate surface area is 136 Å². The maximum atomic E-state index is 13.7. The van der Waals surface area contributed by atoms with Crippen LogP contribution in [0.1, 0.15) is 5.56 Å². The summed E-state index contributed by atoms with van der Waals surface area (Å²) in [7, 11) is 3.14. The van der Waals surface area contributed by atoms with Crippen molar-refractivity contribution >= 4 is 33.2 Å². The van der Waals surface area contributed by atoms with Crippen molar-refractivity contribution in [3.8, 4) is 11.5 Å². The molecule has 0 unspecified atom stereocenters. The lowest BCUT2D eigenvalue weighted by Crippen LogP contribution is -2.03. The standard InChI is InChI=1S/C15H14BrClFNO2/c1-20-14-5-9(11(16)7-15(14)21-2)8-19-13-6-10(17)3-4-12(13)18/h3-7,19H,8H2,1-2H3. The lowest BCUT2D eigenvalue weighted by atomic mass is 10.2. The Hall–Kier alpha value is -1.46. The molecule has 2 rings (SSSR count). The molecule has 21 heavy (non-hydrogen) atoms. The maximum absolute atomic E-state index is 13.7. The Kier molecular flexibility index (Phi) is 5.31. The largest absolute Gasteiger partial charge is 0.493 e. The normalized spacial score (nSPS) is 10.3. The van der Waals surface area contributed by atoms with Gasteiger partial charge in [0.15, 0.2) is 11.5 Å². The van der Waals surface area contributed by atoms with Crippen LogP contribution < -0.4 is 14.8 Å². The van der Waals surface area contributed by atoms with Crippen molar-refractivity contribution in [2.45, 2.75) is 6.54 Å². The fourth-order valence-corrected chi connectivity index (χ4v) is 2.49. The SMILES string of the molecule is COc1cc(Br)c(CNc2cc(Cl)ccc2F)cc1OC. The predicted molar refractivity (Wildman–Crippen MR) is 86.0 cm³/mol. The van der Waals surface area contributed by atoms with Crippen LogP contribution >= 0.6 is 27.5 Å². The molecule has 0 aliphatic rings. The summed E-state index contributed by atoms with van der Waals surface area (Å²) < 4.78 is 25.0. The van der Waals surface area contributed by atoms with Gasteiger partial charge in [-0.3, -0.25) is 0 Å². The monoisotopic (exact) mass is 373 g/mol. The van der Waals surface area contributed by atoms with Crippen LogP contribution in [0.15, 0.2) is 34.8 Å². The molecule has 0 fully saturated rings. The molecule has 1 N–H and O–H groups in total. The smallest absolute Gasteiger partial charge is 0.161 e. The van der Waals surface area contributed by atoms with Crippen molar-refractivity contribution in [2.75, 3.05) is 19.5 Å². The molecular formula is C15H14BrClFNO2. The van der Waals surface area contributed by atoms with E-state index in [2.05, 4.69) is 21.2 Å². The van der Waals surface area contributed by atoms with Crippen molar-refractivity contribution in [3.63, 3.8) is 0 Å². The molecule has 0 radical (unpaired) electrons. The summed E-state index contributed by atoms with van der Waals surface area (Å²) in [5.41, 5.74) is 1.26. The Bertz CT molecular complexity index is 652. The van der Waals surface area contributed by atoms with Crippen LogP contribution in [0.25, 0.3) is 0 Å². The van der Waals surface area contributed by atoms with Gasteiger partial charge < -0.3 is 14.8 Å². The van der Waals surface area contributed by atoms with Gasteiger partial charge in [0.1, 0.15) is 5.82 Å². The van der Waals surface area contributed by atoms with E-state index in [0.29, 0.717) is 28.8 Å². The third kappa shape index (κ3) is 3.80. The molecular weight excluding hydrogens is 361 g/mol. The lowest BCUT2D eigenvalue weighted by molar-refractivity contribution is 0.354. The third-order valence-electron chi connectivity index (χ3n) is 2.95. The first-order valence-electron chi connectivity index (χ1n) is 6.14. The zero-order valence-electron chi connectivity index (χ0n) is 11.5. The van der Waals surface area contributed by atoms with Gasteiger partial charge in [0.25, 0.3) is 0 Å². The summed E-state index contributed by atoms with van der Waals surface area (Å²) >= 11 is 9.33. The highest BCUT2D eigenvalue weighted by Crippen LogP contribution is 2.33. The number of halogens is 3. The highest BCUT2D eigenvalue weighted by Gasteiger charge is 2.10. The topological polar surface area (TPSA) is 30.5 Å². The van der Waals surface area contributed by atoms with Crippen LogP contribution in [0.3, 0.4) is 0 Å². The van der Waals surface area contributed by atoms with Gasteiger partial charge in [0.05, 0.1) is 19.9 Å². The summed E-state index contributed by atoms with van der Waals surface area (Å²) in [6, 6.07) is 8.02. The molecule has 2 aromatic carbocycles. The molecule has 0 bridgehead atoms. The second kappa shape index (κ2) is 7.00. The Balaban J connectivity index is 2.21. The van der Waals surface area contributed by atoms with E-state index in [0.717, 1.165) is 10.0 Å². The van der Waals surface area contributed by atoms with E-state index in [-0.39, 0.29) is 5.82 Å². The van der Waals surface area contributed by atoms with E-state index < -0.39 is 0 Å². The first kappa shape index (κ1) is 15.9. The molecule has 0 atom stereocenters. The molecule has 0 amide bonds. The van der Waals surface area contributed by atoms with E-state index in [1.165, 1.54) is 12.1 Å². The van der Waals surface area contributed by atoms with Crippen molar-refractivity contribution < 1.29 is 13.9 Å². The van der Waals surface area contributed by atoms with Crippen LogP contribution in [0, 0.1) is 5.82 Å². The summed E-state index contributed by atoms with van der Waals surface area (Å²) in [5, 5.41) is 3.49. The molecule has 0 aliphatic heterocycles. The van der Waals surface area contributed by atoms with Crippen LogP contribution in [0.2, 0.25) is 5.02 Å². The summed E-state index contributed by atoms with van der Waals surface area (Å²) in [6.07, 6.45) is 0. The first-order chi connectivity index (χ1) is 10.0. The predicted octanol–water partition coefficient (Wildman–Crippen LogP) is 4.87. The van der Waals surface area contributed by atoms with Gasteiger partial charge in [-0.05, 0) is 35.9 Å². The molecule has 0 aliphatic carbocycles. The van der Waals surface area contributed by atoms with Crippen molar-refractivity contribution in [1.82, 2.24) is 0 Å². The number of hydrogen-bond acceptors (Lipinski definition) is 3. The Morgan fingerprint density at radius 2 is 1.81 bits per heavy atom. The van der Waals surface area contributed by atoms with Gasteiger partial charge in [-0.1, -0.05) is 27.5 Å². The number of benzene rings is 2. The average Bonchev–Trinajstić information content (AvgIpc) is 2.48. The number of hydrogen-bond donors (Lipinski definition) is 1. The molecule has 112 valence electrons. The highest BCUT2D eigenvalue weighted by molar-refractivity contribution is 9.10. The molecule has 0 heterocycles. The minimum atomic E-state index is -0.351. The van der Waals surface area contributed by atoms with Gasteiger partial charge in [0, 0.05) is 16.0 Å². The molecule has 6 heteroatoms. The average molecular weight is 375 g/mol. The van der Waals surface area contributed by atoms with Crippen molar-refractivity contribution in [1.29, 1.82) is 0 Å². The van der Waals surface area contributed by atoms with Gasteiger partial charge >= 0.3 is 0 Å². The third-order valence-corrected chi connectivity index (χ3v) is 3.92. The Morgan fingerprint density at radius 3 is 2.48 bits per heavy atom. The van der Waals surface area contributed by atoms with Gasteiger partial charge in [-0.15, -0.1) is 0 Å². The van der Waals surface area contributed by atoms with Crippen LogP contribution in [-0.2, 0) is 6.54 Å². The van der Waals surface area contributed by atoms with Gasteiger partial charge in [-0.2, -0.15) is 0 Å². The fourth-order valence-electron chi connectivity index (χ4n) is 1.86. The second-order valence-corrected chi connectivity index (χ2v) is 5.57. The van der Waals surface area contributed by atoms with Gasteiger partial charge in [0.2, 0.25) is 0 Å². The second-order valence-electron chi connectivity index (χ2n) is 4.28. The molecule has 3 nitrogen and oxygen atoms in total. The first-order valence-corrected chi connectivity index (χ1v) is 7.31. The summed E-state index contributed by atoms with van der Waals surface area (Å²) in [5.74, 6) is 0.891. The fraction of sp³-hybridized carbons (Fsp3) is 0.200. The van der Waals surface area contributed by atoms with Gasteiger partial charge in [-0.25, -0.2) is 4.39 Å². The molecule has 2 aromatic rings. The number of anilines is 1. The summed E-state index contributed by atoms with van der Waals surface area (Å²) in [4.78, 5) is 0. The van der Waals surface area contributed by atoms with E-state index in [4.69, 9.17) is 21.1 Å². The molecule has 0 spiro atoms. The minimum absolute atomic E-state index is 0.351. The zero-order chi connectivity index (χ0) is 15.4. The lowest BCUT2D eigenvalue weighted by Gasteiger charge is -2.13. The van der Waals surface area contributed by atoms with Crippen molar-refractivity contribution in [3.05, 3.63) is 51.2 Å². The van der Waals surface area contributed by atoms with E-state index >= 15 is 0 Å². The maximum Gasteiger partial charge on any atom is 0.161 e. The number of rotatable bonds is 5. The van der Waals surface area contributed by atoms with Crippen LogP contribution in [0.4, 0.5) is 10.1 Å². The van der Waals surface area contributed by atoms with E-state index in [1.54, 1.807) is 20.3 Å². The highest BCUT2D eigenvalue weighted by atomic mass is 79.9. The molecule has 0 aromatic heterocycles.